The van der Waals surface area contributed by atoms with Gasteiger partial charge in [0.1, 0.15) is 5.15 Å². The summed E-state index contributed by atoms with van der Waals surface area (Å²) in [5, 5.41) is 4.43. The van der Waals surface area contributed by atoms with E-state index < -0.39 is 0 Å². The lowest BCUT2D eigenvalue weighted by Gasteiger charge is -2.25. The minimum absolute atomic E-state index is 0.0146. The number of pyridine rings is 1. The van der Waals surface area contributed by atoms with Gasteiger partial charge in [-0.25, -0.2) is 4.98 Å². The van der Waals surface area contributed by atoms with Crippen LogP contribution >= 0.6 is 34.8 Å². The Balaban J connectivity index is 2.36. The van der Waals surface area contributed by atoms with Crippen LogP contribution in [-0.4, -0.2) is 24.7 Å². The largest absolute Gasteiger partial charge is 0.378 e. The van der Waals surface area contributed by atoms with E-state index in [2.05, 4.69) is 10.3 Å². The molecule has 0 amide bonds. The highest BCUT2D eigenvalue weighted by molar-refractivity contribution is 6.43. The number of morpholine rings is 1. The summed E-state index contributed by atoms with van der Waals surface area (Å²) < 4.78 is 5.34. The van der Waals surface area contributed by atoms with Gasteiger partial charge < -0.3 is 10.1 Å². The van der Waals surface area contributed by atoms with Crippen LogP contribution in [0.2, 0.25) is 15.2 Å². The van der Waals surface area contributed by atoms with Crippen molar-refractivity contribution in [3.63, 3.8) is 0 Å². The lowest BCUT2D eigenvalue weighted by Crippen LogP contribution is -2.35. The van der Waals surface area contributed by atoms with E-state index in [1.807, 2.05) is 0 Å². The summed E-state index contributed by atoms with van der Waals surface area (Å²) >= 11 is 17.9. The van der Waals surface area contributed by atoms with Gasteiger partial charge in [-0.2, -0.15) is 0 Å². The van der Waals surface area contributed by atoms with Crippen molar-refractivity contribution in [3.8, 4) is 0 Å². The molecule has 1 fully saturated rings. The van der Waals surface area contributed by atoms with Crippen LogP contribution in [0.3, 0.4) is 0 Å². The third-order valence-electron chi connectivity index (χ3n) is 2.24. The molecule has 2 rings (SSSR count). The Morgan fingerprint density at radius 3 is 2.87 bits per heavy atom. The molecule has 0 aliphatic carbocycles. The average Bonchev–Trinajstić information content (AvgIpc) is 2.26. The lowest BCUT2D eigenvalue weighted by atomic mass is 10.1. The normalized spacial score (nSPS) is 21.7. The quantitative estimate of drug-likeness (QED) is 0.795. The molecule has 1 atom stereocenters. The zero-order valence-electron chi connectivity index (χ0n) is 7.77. The van der Waals surface area contributed by atoms with E-state index >= 15 is 0 Å². The zero-order valence-corrected chi connectivity index (χ0v) is 10.0. The van der Waals surface area contributed by atoms with Crippen LogP contribution in [0.1, 0.15) is 11.6 Å². The van der Waals surface area contributed by atoms with Crippen LogP contribution in [0.25, 0.3) is 0 Å². The fourth-order valence-electron chi connectivity index (χ4n) is 1.53. The van der Waals surface area contributed by atoms with Gasteiger partial charge in [0.05, 0.1) is 29.3 Å². The molecule has 15 heavy (non-hydrogen) atoms. The number of halogens is 3. The molecule has 1 N–H and O–H groups in total. The minimum Gasteiger partial charge on any atom is -0.378 e. The maximum absolute atomic E-state index is 6.06. The minimum atomic E-state index is -0.0146. The van der Waals surface area contributed by atoms with Crippen LogP contribution in [0, 0.1) is 0 Å². The summed E-state index contributed by atoms with van der Waals surface area (Å²) in [7, 11) is 0. The molecule has 6 heteroatoms. The van der Waals surface area contributed by atoms with Gasteiger partial charge in [0, 0.05) is 18.3 Å². The summed E-state index contributed by atoms with van der Waals surface area (Å²) in [5.74, 6) is 0. The molecule has 0 saturated carbocycles. The van der Waals surface area contributed by atoms with Crippen molar-refractivity contribution in [1.82, 2.24) is 10.3 Å². The molecule has 1 aliphatic heterocycles. The highest BCUT2D eigenvalue weighted by Gasteiger charge is 2.22. The number of ether oxygens (including phenoxy) is 1. The van der Waals surface area contributed by atoms with Crippen molar-refractivity contribution in [2.24, 2.45) is 0 Å². The van der Waals surface area contributed by atoms with Gasteiger partial charge in [0.15, 0.2) is 0 Å². The number of aromatic nitrogens is 1. The Hall–Kier alpha value is -0.0600. The van der Waals surface area contributed by atoms with Gasteiger partial charge in [0.25, 0.3) is 0 Å². The van der Waals surface area contributed by atoms with Crippen molar-refractivity contribution in [3.05, 3.63) is 27.0 Å². The van der Waals surface area contributed by atoms with Crippen LogP contribution in [-0.2, 0) is 4.74 Å². The third kappa shape index (κ3) is 2.37. The van der Waals surface area contributed by atoms with Crippen LogP contribution in [0.15, 0.2) is 6.20 Å². The van der Waals surface area contributed by atoms with Crippen molar-refractivity contribution in [2.45, 2.75) is 6.04 Å². The monoisotopic (exact) mass is 266 g/mol. The highest BCUT2D eigenvalue weighted by atomic mass is 35.5. The molecular formula is C9H9Cl3N2O. The van der Waals surface area contributed by atoms with Gasteiger partial charge in [-0.3, -0.25) is 0 Å². The van der Waals surface area contributed by atoms with Crippen molar-refractivity contribution >= 4 is 34.8 Å². The second kappa shape index (κ2) is 4.85. The predicted octanol–water partition coefficient (Wildman–Crippen LogP) is 2.70. The molecule has 3 nitrogen and oxygen atoms in total. The Labute approximate surface area is 103 Å². The lowest BCUT2D eigenvalue weighted by molar-refractivity contribution is 0.0769. The molecule has 2 heterocycles. The third-order valence-corrected chi connectivity index (χ3v) is 3.30. The van der Waals surface area contributed by atoms with Gasteiger partial charge in [-0.1, -0.05) is 34.8 Å². The summed E-state index contributed by atoms with van der Waals surface area (Å²) in [6.07, 6.45) is 1.50. The molecular weight excluding hydrogens is 258 g/mol. The van der Waals surface area contributed by atoms with E-state index in [0.717, 1.165) is 12.1 Å². The predicted molar refractivity (Wildman–Crippen MR) is 60.8 cm³/mol. The van der Waals surface area contributed by atoms with E-state index in [-0.39, 0.29) is 11.2 Å². The van der Waals surface area contributed by atoms with Crippen molar-refractivity contribution in [2.75, 3.05) is 19.8 Å². The number of nitrogens with one attached hydrogen (secondary N) is 1. The first-order valence-electron chi connectivity index (χ1n) is 4.50. The molecule has 1 aromatic rings. The van der Waals surface area contributed by atoms with Crippen LogP contribution in [0.5, 0.6) is 0 Å². The van der Waals surface area contributed by atoms with E-state index in [0.29, 0.717) is 23.3 Å². The fourth-order valence-corrected chi connectivity index (χ4v) is 2.28. The second-order valence-corrected chi connectivity index (χ2v) is 4.35. The van der Waals surface area contributed by atoms with Crippen LogP contribution in [0.4, 0.5) is 0 Å². The maximum atomic E-state index is 6.06. The molecule has 1 aliphatic rings. The molecule has 0 bridgehead atoms. The number of nitrogens with zero attached hydrogens (tertiary/aromatic N) is 1. The molecule has 82 valence electrons. The van der Waals surface area contributed by atoms with E-state index in [9.17, 15) is 0 Å². The first-order valence-corrected chi connectivity index (χ1v) is 5.64. The average molecular weight is 268 g/mol. The zero-order chi connectivity index (χ0) is 10.8. The summed E-state index contributed by atoms with van der Waals surface area (Å²) in [6, 6.07) is -0.0146. The number of hydrogen-bond acceptors (Lipinski definition) is 3. The number of hydrogen-bond donors (Lipinski definition) is 1. The second-order valence-electron chi connectivity index (χ2n) is 3.21. The fraction of sp³-hybridized carbons (Fsp3) is 0.444. The summed E-state index contributed by atoms with van der Waals surface area (Å²) in [5.41, 5.74) is 0.762. The highest BCUT2D eigenvalue weighted by Crippen LogP contribution is 2.34. The van der Waals surface area contributed by atoms with E-state index in [4.69, 9.17) is 39.5 Å². The molecule has 0 radical (unpaired) electrons. The standard InChI is InChI=1S/C9H9Cl3N2O/c10-5-3-14-9(12)8(11)7(5)6-4-15-2-1-13-6/h3,6,13H,1-2,4H2/t6-/m0/s1. The van der Waals surface area contributed by atoms with Crippen molar-refractivity contribution < 1.29 is 4.74 Å². The maximum Gasteiger partial charge on any atom is 0.148 e. The van der Waals surface area contributed by atoms with Crippen LogP contribution < -0.4 is 5.32 Å². The van der Waals surface area contributed by atoms with Gasteiger partial charge in [-0.05, 0) is 0 Å². The SMILES string of the molecule is Clc1cnc(Cl)c(Cl)c1[C@@H]1COCCN1. The number of rotatable bonds is 1. The molecule has 0 spiro atoms. The van der Waals surface area contributed by atoms with Gasteiger partial charge >= 0.3 is 0 Å². The molecule has 1 aromatic heterocycles. The Morgan fingerprint density at radius 1 is 1.40 bits per heavy atom. The Kier molecular flexibility index (Phi) is 3.69. The first kappa shape index (κ1) is 11.4. The molecule has 0 unspecified atom stereocenters. The summed E-state index contributed by atoms with van der Waals surface area (Å²) in [6.45, 7) is 2.02. The Morgan fingerprint density at radius 2 is 2.20 bits per heavy atom. The van der Waals surface area contributed by atoms with Gasteiger partial charge in [-0.15, -0.1) is 0 Å². The smallest absolute Gasteiger partial charge is 0.148 e. The Bertz CT molecular complexity index is 367. The summed E-state index contributed by atoms with van der Waals surface area (Å²) in [4.78, 5) is 3.87. The molecule has 0 aromatic carbocycles. The van der Waals surface area contributed by atoms with Gasteiger partial charge in [0.2, 0.25) is 0 Å². The van der Waals surface area contributed by atoms with E-state index in [1.54, 1.807) is 0 Å². The first-order chi connectivity index (χ1) is 7.20. The van der Waals surface area contributed by atoms with Crippen molar-refractivity contribution in [1.29, 1.82) is 0 Å². The van der Waals surface area contributed by atoms with E-state index in [1.165, 1.54) is 6.20 Å². The molecule has 1 saturated heterocycles. The topological polar surface area (TPSA) is 34.1 Å².